The van der Waals surface area contributed by atoms with Gasteiger partial charge in [0.15, 0.2) is 5.78 Å². The van der Waals surface area contributed by atoms with Gasteiger partial charge in [-0.05, 0) is 24.3 Å². The van der Waals surface area contributed by atoms with Crippen LogP contribution in [-0.4, -0.2) is 28.6 Å². The smallest absolute Gasteiger partial charge is 0.187 e. The number of rotatable bonds is 4. The highest BCUT2D eigenvalue weighted by atomic mass is 32.1. The first-order valence-electron chi connectivity index (χ1n) is 6.40. The van der Waals surface area contributed by atoms with Gasteiger partial charge in [0.2, 0.25) is 0 Å². The van der Waals surface area contributed by atoms with Crippen LogP contribution in [0.15, 0.2) is 53.5 Å². The fraction of sp³-hybridized carbons (Fsp3) is 0.0625. The average molecular weight is 296 g/mol. The van der Waals surface area contributed by atoms with E-state index in [1.54, 1.807) is 24.4 Å². The van der Waals surface area contributed by atoms with Crippen LogP contribution in [0.3, 0.4) is 0 Å². The Morgan fingerprint density at radius 2 is 1.95 bits per heavy atom. The standard InChI is InChI=1S/C16H12N2O2S/c19-13-7-3-1-5-11(13)14(20)9-17-10-16-18-12-6-2-4-8-15(12)21-16/h1-8,10,19H,9H2. The number of carbonyl (C=O) groups excluding carboxylic acids is 1. The van der Waals surface area contributed by atoms with E-state index in [4.69, 9.17) is 0 Å². The molecule has 104 valence electrons. The van der Waals surface area contributed by atoms with Crippen LogP contribution in [0.25, 0.3) is 10.2 Å². The molecule has 2 aromatic carbocycles. The van der Waals surface area contributed by atoms with Crippen molar-refractivity contribution < 1.29 is 9.90 Å². The number of para-hydroxylation sites is 2. The molecule has 0 saturated heterocycles. The summed E-state index contributed by atoms with van der Waals surface area (Å²) in [4.78, 5) is 20.5. The number of aliphatic imine (C=N–C) groups is 1. The van der Waals surface area contributed by atoms with Gasteiger partial charge in [0, 0.05) is 0 Å². The van der Waals surface area contributed by atoms with Gasteiger partial charge in [0.1, 0.15) is 17.3 Å². The van der Waals surface area contributed by atoms with E-state index >= 15 is 0 Å². The first kappa shape index (κ1) is 13.5. The second-order valence-corrected chi connectivity index (χ2v) is 5.49. The molecule has 0 saturated carbocycles. The van der Waals surface area contributed by atoms with E-state index in [0.29, 0.717) is 5.56 Å². The number of carbonyl (C=O) groups is 1. The molecule has 0 aliphatic heterocycles. The molecule has 3 rings (SSSR count). The molecule has 0 aliphatic rings. The largest absolute Gasteiger partial charge is 0.507 e. The highest BCUT2D eigenvalue weighted by Crippen LogP contribution is 2.20. The Kier molecular flexibility index (Phi) is 3.75. The summed E-state index contributed by atoms with van der Waals surface area (Å²) in [6.45, 7) is -0.00645. The summed E-state index contributed by atoms with van der Waals surface area (Å²) < 4.78 is 1.09. The van der Waals surface area contributed by atoms with Crippen LogP contribution in [0.2, 0.25) is 0 Å². The maximum Gasteiger partial charge on any atom is 0.187 e. The Balaban J connectivity index is 1.72. The second-order valence-electron chi connectivity index (χ2n) is 4.43. The van der Waals surface area contributed by atoms with Crippen molar-refractivity contribution in [3.63, 3.8) is 0 Å². The van der Waals surface area contributed by atoms with Gasteiger partial charge >= 0.3 is 0 Å². The van der Waals surface area contributed by atoms with E-state index in [1.165, 1.54) is 17.4 Å². The van der Waals surface area contributed by atoms with Crippen molar-refractivity contribution in [1.29, 1.82) is 0 Å². The number of aromatic nitrogens is 1. The van der Waals surface area contributed by atoms with Gasteiger partial charge in [-0.1, -0.05) is 24.3 Å². The number of ketones is 1. The van der Waals surface area contributed by atoms with Crippen LogP contribution in [-0.2, 0) is 0 Å². The Labute approximate surface area is 125 Å². The lowest BCUT2D eigenvalue weighted by Crippen LogP contribution is -2.03. The number of fused-ring (bicyclic) bond motifs is 1. The zero-order chi connectivity index (χ0) is 14.7. The molecule has 3 aromatic rings. The van der Waals surface area contributed by atoms with Crippen LogP contribution in [0.4, 0.5) is 0 Å². The lowest BCUT2D eigenvalue weighted by atomic mass is 10.1. The Hall–Kier alpha value is -2.53. The van der Waals surface area contributed by atoms with E-state index in [9.17, 15) is 9.90 Å². The molecule has 4 nitrogen and oxygen atoms in total. The van der Waals surface area contributed by atoms with Gasteiger partial charge in [0.05, 0.1) is 22.0 Å². The van der Waals surface area contributed by atoms with E-state index in [-0.39, 0.29) is 18.1 Å². The molecule has 0 radical (unpaired) electrons. The zero-order valence-corrected chi connectivity index (χ0v) is 11.9. The summed E-state index contributed by atoms with van der Waals surface area (Å²) in [6, 6.07) is 14.3. The van der Waals surface area contributed by atoms with Crippen LogP contribution in [0, 0.1) is 0 Å². The van der Waals surface area contributed by atoms with Crippen molar-refractivity contribution in [3.8, 4) is 5.75 Å². The molecule has 0 amide bonds. The summed E-state index contributed by atoms with van der Waals surface area (Å²) in [5.41, 5.74) is 1.22. The minimum atomic E-state index is -0.217. The number of Topliss-reactive ketones (excluding diaryl/α,β-unsaturated/α-hetero) is 1. The summed E-state index contributed by atoms with van der Waals surface area (Å²) >= 11 is 1.53. The Bertz CT molecular complexity index is 791. The van der Waals surface area contributed by atoms with E-state index in [1.807, 2.05) is 24.3 Å². The third kappa shape index (κ3) is 2.98. The number of thiazole rings is 1. The molecule has 1 N–H and O–H groups in total. The predicted octanol–water partition coefficient (Wildman–Crippen LogP) is 3.30. The number of aromatic hydroxyl groups is 1. The highest BCUT2D eigenvalue weighted by Gasteiger charge is 2.09. The first-order chi connectivity index (χ1) is 10.2. The number of phenolic OH excluding ortho intramolecular Hbond substituents is 1. The lowest BCUT2D eigenvalue weighted by Gasteiger charge is -1.99. The molecule has 0 atom stereocenters. The molecule has 21 heavy (non-hydrogen) atoms. The summed E-state index contributed by atoms with van der Waals surface area (Å²) in [5.74, 6) is -0.233. The maximum absolute atomic E-state index is 11.9. The monoisotopic (exact) mass is 296 g/mol. The SMILES string of the molecule is O=C(CN=Cc1nc2ccccc2s1)c1ccccc1O. The minimum absolute atomic E-state index is 0.00645. The van der Waals surface area contributed by atoms with Gasteiger partial charge in [-0.2, -0.15) is 0 Å². The van der Waals surface area contributed by atoms with Gasteiger partial charge in [-0.15, -0.1) is 11.3 Å². The zero-order valence-electron chi connectivity index (χ0n) is 11.1. The van der Waals surface area contributed by atoms with Gasteiger partial charge in [0.25, 0.3) is 0 Å². The molecule has 5 heteroatoms. The summed E-state index contributed by atoms with van der Waals surface area (Å²) in [7, 11) is 0. The number of benzene rings is 2. The molecule has 0 aliphatic carbocycles. The first-order valence-corrected chi connectivity index (χ1v) is 7.22. The number of nitrogens with zero attached hydrogens (tertiary/aromatic N) is 2. The molecular weight excluding hydrogens is 284 g/mol. The highest BCUT2D eigenvalue weighted by molar-refractivity contribution is 7.20. The molecule has 0 fully saturated rings. The topological polar surface area (TPSA) is 62.5 Å². The third-order valence-corrected chi connectivity index (χ3v) is 3.92. The normalized spacial score (nSPS) is 11.2. The quantitative estimate of drug-likeness (QED) is 0.593. The fourth-order valence-corrected chi connectivity index (χ4v) is 2.81. The fourth-order valence-electron chi connectivity index (χ4n) is 1.95. The number of hydrogen-bond acceptors (Lipinski definition) is 5. The number of hydrogen-bond donors (Lipinski definition) is 1. The number of phenols is 1. The predicted molar refractivity (Wildman–Crippen MR) is 84.5 cm³/mol. The van der Waals surface area contributed by atoms with E-state index < -0.39 is 0 Å². The van der Waals surface area contributed by atoms with Crippen molar-refractivity contribution in [2.45, 2.75) is 0 Å². The molecule has 0 unspecified atom stereocenters. The Morgan fingerprint density at radius 3 is 2.76 bits per heavy atom. The molecule has 0 spiro atoms. The molecule has 0 bridgehead atoms. The summed E-state index contributed by atoms with van der Waals surface area (Å²) in [6.07, 6.45) is 1.60. The van der Waals surface area contributed by atoms with E-state index in [2.05, 4.69) is 9.98 Å². The van der Waals surface area contributed by atoms with Crippen LogP contribution in [0.1, 0.15) is 15.4 Å². The Morgan fingerprint density at radius 1 is 1.19 bits per heavy atom. The molecule has 1 aromatic heterocycles. The maximum atomic E-state index is 11.9. The van der Waals surface area contributed by atoms with Crippen molar-refractivity contribution >= 4 is 33.6 Å². The van der Waals surface area contributed by atoms with Crippen LogP contribution < -0.4 is 0 Å². The molecular formula is C16H12N2O2S. The second kappa shape index (κ2) is 5.85. The van der Waals surface area contributed by atoms with Crippen molar-refractivity contribution in [3.05, 3.63) is 59.1 Å². The van der Waals surface area contributed by atoms with Gasteiger partial charge in [-0.25, -0.2) is 4.98 Å². The van der Waals surface area contributed by atoms with Crippen LogP contribution in [0.5, 0.6) is 5.75 Å². The molecule has 1 heterocycles. The summed E-state index contributed by atoms with van der Waals surface area (Å²) in [5, 5.41) is 10.4. The van der Waals surface area contributed by atoms with Crippen molar-refractivity contribution in [2.75, 3.05) is 6.54 Å². The average Bonchev–Trinajstić information content (AvgIpc) is 2.90. The van der Waals surface area contributed by atoms with Gasteiger partial charge in [-0.3, -0.25) is 9.79 Å². The van der Waals surface area contributed by atoms with E-state index in [0.717, 1.165) is 15.2 Å². The third-order valence-electron chi connectivity index (χ3n) is 2.95. The van der Waals surface area contributed by atoms with Gasteiger partial charge < -0.3 is 5.11 Å². The lowest BCUT2D eigenvalue weighted by molar-refractivity contribution is 0.0999. The van der Waals surface area contributed by atoms with Crippen molar-refractivity contribution in [1.82, 2.24) is 4.98 Å². The van der Waals surface area contributed by atoms with Crippen molar-refractivity contribution in [2.24, 2.45) is 4.99 Å². The van der Waals surface area contributed by atoms with Crippen LogP contribution >= 0.6 is 11.3 Å². The minimum Gasteiger partial charge on any atom is -0.507 e.